The molecule has 2 atom stereocenters. The van der Waals surface area contributed by atoms with Gasteiger partial charge in [0.25, 0.3) is 0 Å². The molecule has 0 bridgehead atoms. The van der Waals surface area contributed by atoms with Crippen molar-refractivity contribution >= 4 is 16.5 Å². The van der Waals surface area contributed by atoms with E-state index in [0.29, 0.717) is 5.13 Å². The Morgan fingerprint density at radius 2 is 2.19 bits per heavy atom. The van der Waals surface area contributed by atoms with Crippen LogP contribution in [0, 0.1) is 11.8 Å². The molecule has 0 radical (unpaired) electrons. The Kier molecular flexibility index (Phi) is 2.44. The van der Waals surface area contributed by atoms with E-state index in [1.54, 1.807) is 6.20 Å². The summed E-state index contributed by atoms with van der Waals surface area (Å²) in [6.45, 7) is 0. The molecule has 3 nitrogen and oxygen atoms in total. The van der Waals surface area contributed by atoms with E-state index in [2.05, 4.69) is 4.98 Å². The van der Waals surface area contributed by atoms with Gasteiger partial charge in [-0.2, -0.15) is 0 Å². The molecule has 1 aromatic heterocycles. The van der Waals surface area contributed by atoms with Crippen molar-refractivity contribution in [3.8, 4) is 0 Å². The van der Waals surface area contributed by atoms with Crippen molar-refractivity contribution in [2.75, 3.05) is 5.73 Å². The quantitative estimate of drug-likeness (QED) is 0.832. The van der Waals surface area contributed by atoms with Gasteiger partial charge in [-0.05, 0) is 50.4 Å². The van der Waals surface area contributed by atoms with Gasteiger partial charge in [0, 0.05) is 6.20 Å². The lowest BCUT2D eigenvalue weighted by atomic mass is 9.75. The molecular weight excluding hydrogens is 220 g/mol. The summed E-state index contributed by atoms with van der Waals surface area (Å²) in [6, 6.07) is 0. The zero-order chi connectivity index (χ0) is 11.2. The fraction of sp³-hybridized carbons (Fsp3) is 0.750. The van der Waals surface area contributed by atoms with Crippen LogP contribution >= 0.6 is 11.3 Å². The first kappa shape index (κ1) is 10.5. The highest BCUT2D eigenvalue weighted by atomic mass is 32.1. The van der Waals surface area contributed by atoms with Crippen molar-refractivity contribution in [1.29, 1.82) is 0 Å². The third-order valence-electron chi connectivity index (χ3n) is 4.04. The van der Waals surface area contributed by atoms with Crippen molar-refractivity contribution in [1.82, 2.24) is 4.98 Å². The van der Waals surface area contributed by atoms with E-state index in [0.717, 1.165) is 36.0 Å². The summed E-state index contributed by atoms with van der Waals surface area (Å²) in [5.41, 5.74) is 5.01. The van der Waals surface area contributed by atoms with Gasteiger partial charge in [-0.25, -0.2) is 4.98 Å². The number of nitrogens with zero attached hydrogens (tertiary/aromatic N) is 1. The van der Waals surface area contributed by atoms with Crippen LogP contribution in [0.2, 0.25) is 0 Å². The average molecular weight is 238 g/mol. The molecule has 4 heteroatoms. The third-order valence-corrected chi connectivity index (χ3v) is 5.06. The summed E-state index contributed by atoms with van der Waals surface area (Å²) >= 11 is 1.44. The first-order chi connectivity index (χ1) is 7.67. The lowest BCUT2D eigenvalue weighted by molar-refractivity contribution is -0.0221. The summed E-state index contributed by atoms with van der Waals surface area (Å²) in [5, 5.41) is 11.3. The van der Waals surface area contributed by atoms with E-state index in [1.165, 1.54) is 30.6 Å². The SMILES string of the molecule is Nc1ncc(C2(O)CCCC(C3CC3)C2)s1. The average Bonchev–Trinajstić information content (AvgIpc) is 3.01. The van der Waals surface area contributed by atoms with E-state index in [4.69, 9.17) is 5.73 Å². The summed E-state index contributed by atoms with van der Waals surface area (Å²) in [7, 11) is 0. The number of rotatable bonds is 2. The molecular formula is C12H18N2OS. The predicted octanol–water partition coefficient (Wildman–Crippen LogP) is 2.51. The molecule has 0 amide bonds. The molecule has 2 unspecified atom stereocenters. The second-order valence-electron chi connectivity index (χ2n) is 5.29. The van der Waals surface area contributed by atoms with Crippen molar-refractivity contribution < 1.29 is 5.11 Å². The zero-order valence-electron chi connectivity index (χ0n) is 9.35. The van der Waals surface area contributed by atoms with E-state index in [9.17, 15) is 5.11 Å². The second kappa shape index (κ2) is 3.70. The van der Waals surface area contributed by atoms with Crippen LogP contribution in [0.1, 0.15) is 43.4 Å². The summed E-state index contributed by atoms with van der Waals surface area (Å²) in [4.78, 5) is 5.03. The standard InChI is InChI=1S/C12H18N2OS/c13-11-14-7-10(16-11)12(15)5-1-2-9(6-12)8-3-4-8/h7-9,15H,1-6H2,(H2,13,14). The molecule has 0 aromatic carbocycles. The maximum atomic E-state index is 10.7. The van der Waals surface area contributed by atoms with E-state index < -0.39 is 5.60 Å². The van der Waals surface area contributed by atoms with Gasteiger partial charge in [0.2, 0.25) is 0 Å². The Bertz CT molecular complexity index is 388. The molecule has 2 aliphatic carbocycles. The van der Waals surface area contributed by atoms with Gasteiger partial charge < -0.3 is 10.8 Å². The molecule has 2 saturated carbocycles. The van der Waals surface area contributed by atoms with Crippen molar-refractivity contribution in [2.24, 2.45) is 11.8 Å². The Balaban J connectivity index is 1.80. The van der Waals surface area contributed by atoms with Gasteiger partial charge in [0.05, 0.1) is 4.88 Å². The Hall–Kier alpha value is -0.610. The zero-order valence-corrected chi connectivity index (χ0v) is 10.2. The molecule has 3 rings (SSSR count). The fourth-order valence-electron chi connectivity index (χ4n) is 2.99. The van der Waals surface area contributed by atoms with Gasteiger partial charge >= 0.3 is 0 Å². The summed E-state index contributed by atoms with van der Waals surface area (Å²) in [5.74, 6) is 1.61. The molecule has 0 spiro atoms. The van der Waals surface area contributed by atoms with Crippen LogP contribution < -0.4 is 5.73 Å². The van der Waals surface area contributed by atoms with Gasteiger partial charge in [-0.1, -0.05) is 11.3 Å². The molecule has 3 N–H and O–H groups in total. The van der Waals surface area contributed by atoms with Crippen LogP contribution in [0.5, 0.6) is 0 Å². The highest BCUT2D eigenvalue weighted by molar-refractivity contribution is 7.15. The van der Waals surface area contributed by atoms with Gasteiger partial charge in [-0.15, -0.1) is 0 Å². The van der Waals surface area contributed by atoms with Crippen molar-refractivity contribution in [2.45, 2.75) is 44.1 Å². The number of aliphatic hydroxyl groups is 1. The minimum atomic E-state index is -0.638. The summed E-state index contributed by atoms with van der Waals surface area (Å²) < 4.78 is 0. The largest absolute Gasteiger partial charge is 0.384 e. The normalized spacial score (nSPS) is 35.2. The number of nitrogen functional groups attached to an aromatic ring is 1. The van der Waals surface area contributed by atoms with E-state index in [-0.39, 0.29) is 0 Å². The number of anilines is 1. The molecule has 1 aromatic rings. The summed E-state index contributed by atoms with van der Waals surface area (Å²) in [6.07, 6.45) is 8.71. The number of thiazole rings is 1. The minimum Gasteiger partial charge on any atom is -0.384 e. The smallest absolute Gasteiger partial charge is 0.180 e. The number of hydrogen-bond acceptors (Lipinski definition) is 4. The third kappa shape index (κ3) is 1.84. The minimum absolute atomic E-state index is 0.567. The molecule has 1 heterocycles. The van der Waals surface area contributed by atoms with Gasteiger partial charge in [0.1, 0.15) is 5.60 Å². The van der Waals surface area contributed by atoms with Crippen LogP contribution in [0.15, 0.2) is 6.20 Å². The Morgan fingerprint density at radius 3 is 2.81 bits per heavy atom. The molecule has 0 saturated heterocycles. The monoisotopic (exact) mass is 238 g/mol. The predicted molar refractivity (Wildman–Crippen MR) is 65.1 cm³/mol. The first-order valence-corrected chi connectivity index (χ1v) is 6.93. The first-order valence-electron chi connectivity index (χ1n) is 6.11. The van der Waals surface area contributed by atoms with Crippen LogP contribution in [0.3, 0.4) is 0 Å². The van der Waals surface area contributed by atoms with E-state index in [1.807, 2.05) is 0 Å². The molecule has 2 fully saturated rings. The molecule has 2 aliphatic rings. The topological polar surface area (TPSA) is 59.1 Å². The highest BCUT2D eigenvalue weighted by Crippen LogP contribution is 2.50. The van der Waals surface area contributed by atoms with Crippen LogP contribution in [-0.4, -0.2) is 10.1 Å². The van der Waals surface area contributed by atoms with Gasteiger partial charge in [0.15, 0.2) is 5.13 Å². The van der Waals surface area contributed by atoms with Crippen molar-refractivity contribution in [3.63, 3.8) is 0 Å². The number of hydrogen-bond donors (Lipinski definition) is 2. The van der Waals surface area contributed by atoms with Crippen LogP contribution in [0.4, 0.5) is 5.13 Å². The van der Waals surface area contributed by atoms with Crippen LogP contribution in [-0.2, 0) is 5.60 Å². The molecule has 16 heavy (non-hydrogen) atoms. The maximum Gasteiger partial charge on any atom is 0.180 e. The lowest BCUT2D eigenvalue weighted by Gasteiger charge is -2.36. The Morgan fingerprint density at radius 1 is 1.38 bits per heavy atom. The molecule has 88 valence electrons. The second-order valence-corrected chi connectivity index (χ2v) is 6.35. The number of aromatic nitrogens is 1. The van der Waals surface area contributed by atoms with E-state index >= 15 is 0 Å². The Labute approximate surface area is 99.7 Å². The van der Waals surface area contributed by atoms with Crippen molar-refractivity contribution in [3.05, 3.63) is 11.1 Å². The maximum absolute atomic E-state index is 10.7. The highest BCUT2D eigenvalue weighted by Gasteiger charge is 2.42. The van der Waals surface area contributed by atoms with Gasteiger partial charge in [-0.3, -0.25) is 0 Å². The number of nitrogens with two attached hydrogens (primary N) is 1. The molecule has 0 aliphatic heterocycles. The fourth-order valence-corrected chi connectivity index (χ4v) is 3.80. The van der Waals surface area contributed by atoms with Crippen LogP contribution in [0.25, 0.3) is 0 Å². The lowest BCUT2D eigenvalue weighted by Crippen LogP contribution is -2.32.